The number of allylic oxidation sites excluding steroid dienone is 2. The molecule has 1 fully saturated rings. The molecule has 0 radical (unpaired) electrons. The molecule has 17 heavy (non-hydrogen) atoms. The van der Waals surface area contributed by atoms with E-state index < -0.39 is 5.97 Å². The molecule has 1 aromatic rings. The van der Waals surface area contributed by atoms with Gasteiger partial charge in [-0.1, -0.05) is 26.0 Å². The maximum Gasteiger partial charge on any atom is 0.356 e. The second-order valence-electron chi connectivity index (χ2n) is 4.27. The highest BCUT2D eigenvalue weighted by atomic mass is 16.4. The van der Waals surface area contributed by atoms with Crippen LogP contribution in [-0.2, 0) is 6.42 Å². The van der Waals surface area contributed by atoms with Gasteiger partial charge in [0, 0.05) is 17.2 Å². The van der Waals surface area contributed by atoms with Gasteiger partial charge in [-0.2, -0.15) is 5.10 Å². The lowest BCUT2D eigenvalue weighted by Crippen LogP contribution is -2.02. The van der Waals surface area contributed by atoms with Crippen molar-refractivity contribution in [3.05, 3.63) is 29.1 Å². The van der Waals surface area contributed by atoms with Gasteiger partial charge in [-0.25, -0.2) is 4.79 Å². The molecule has 92 valence electrons. The van der Waals surface area contributed by atoms with Crippen LogP contribution < -0.4 is 0 Å². The number of aromatic amines is 1. The maximum atomic E-state index is 10.9. The molecule has 3 unspecified atom stereocenters. The number of rotatable bonds is 2. The molecule has 0 spiro atoms. The Hall–Kier alpha value is -1.58. The third-order valence-corrected chi connectivity index (χ3v) is 3.52. The van der Waals surface area contributed by atoms with Gasteiger partial charge in [-0.15, -0.1) is 0 Å². The van der Waals surface area contributed by atoms with Crippen molar-refractivity contribution >= 4 is 5.97 Å². The van der Waals surface area contributed by atoms with Gasteiger partial charge in [-0.05, 0) is 25.2 Å². The molecule has 1 saturated carbocycles. The zero-order valence-corrected chi connectivity index (χ0v) is 10.4. The van der Waals surface area contributed by atoms with E-state index in [-0.39, 0.29) is 5.69 Å². The van der Waals surface area contributed by atoms with E-state index in [1.165, 1.54) is 0 Å². The number of carboxylic acid groups (broad SMARTS) is 1. The summed E-state index contributed by atoms with van der Waals surface area (Å²) < 4.78 is 0. The summed E-state index contributed by atoms with van der Waals surface area (Å²) in [5.41, 5.74) is 2.20. The van der Waals surface area contributed by atoms with Gasteiger partial charge in [0.25, 0.3) is 0 Å². The van der Waals surface area contributed by atoms with Crippen LogP contribution in [0.5, 0.6) is 0 Å². The quantitative estimate of drug-likeness (QED) is 0.773. The Morgan fingerprint density at radius 2 is 2.24 bits per heavy atom. The summed E-state index contributed by atoms with van der Waals surface area (Å²) in [7, 11) is 0. The summed E-state index contributed by atoms with van der Waals surface area (Å²) in [4.78, 5) is 10.9. The highest BCUT2D eigenvalue weighted by molar-refractivity contribution is 5.88. The molecule has 4 nitrogen and oxygen atoms in total. The first-order valence-corrected chi connectivity index (χ1v) is 6.17. The van der Waals surface area contributed by atoms with Crippen molar-refractivity contribution in [1.29, 1.82) is 0 Å². The smallest absolute Gasteiger partial charge is 0.356 e. The molecule has 3 rings (SSSR count). The minimum atomic E-state index is -0.920. The van der Waals surface area contributed by atoms with Crippen molar-refractivity contribution in [1.82, 2.24) is 10.2 Å². The fraction of sp³-hybridized carbons (Fsp3) is 0.538. The molecule has 0 saturated heterocycles. The van der Waals surface area contributed by atoms with Crippen LogP contribution in [0, 0.1) is 11.8 Å². The summed E-state index contributed by atoms with van der Waals surface area (Å²) in [5, 5.41) is 15.7. The zero-order chi connectivity index (χ0) is 12.6. The van der Waals surface area contributed by atoms with E-state index in [9.17, 15) is 4.79 Å². The van der Waals surface area contributed by atoms with Crippen molar-refractivity contribution in [2.45, 2.75) is 33.1 Å². The van der Waals surface area contributed by atoms with Gasteiger partial charge in [0.15, 0.2) is 5.69 Å². The van der Waals surface area contributed by atoms with Crippen molar-refractivity contribution < 1.29 is 9.90 Å². The first-order chi connectivity index (χ1) is 8.24. The molecule has 4 heteroatoms. The number of carbonyl (C=O) groups is 1. The fourth-order valence-electron chi connectivity index (χ4n) is 2.83. The van der Waals surface area contributed by atoms with Crippen LogP contribution in [-0.4, -0.2) is 21.3 Å². The van der Waals surface area contributed by atoms with Crippen molar-refractivity contribution in [2.75, 3.05) is 0 Å². The lowest BCUT2D eigenvalue weighted by molar-refractivity contribution is 0.0689. The average Bonchev–Trinajstić information content (AvgIpc) is 2.71. The summed E-state index contributed by atoms with van der Waals surface area (Å²) in [5.74, 6) is 0.793. The molecule has 0 aliphatic heterocycles. The van der Waals surface area contributed by atoms with Gasteiger partial charge in [0.1, 0.15) is 0 Å². The largest absolute Gasteiger partial charge is 0.476 e. The van der Waals surface area contributed by atoms with Crippen molar-refractivity contribution in [3.8, 4) is 0 Å². The monoisotopic (exact) mass is 234 g/mol. The van der Waals surface area contributed by atoms with Gasteiger partial charge in [-0.3, -0.25) is 5.10 Å². The second-order valence-corrected chi connectivity index (χ2v) is 4.27. The Kier molecular flexibility index (Phi) is 3.05. The molecule has 0 amide bonds. The van der Waals surface area contributed by atoms with E-state index in [0.717, 1.165) is 17.7 Å². The van der Waals surface area contributed by atoms with Gasteiger partial charge in [0.2, 0.25) is 0 Å². The van der Waals surface area contributed by atoms with Crippen LogP contribution >= 0.6 is 0 Å². The van der Waals surface area contributed by atoms with E-state index in [1.807, 2.05) is 20.8 Å². The zero-order valence-electron chi connectivity index (χ0n) is 10.4. The van der Waals surface area contributed by atoms with Gasteiger partial charge >= 0.3 is 5.97 Å². The fourth-order valence-corrected chi connectivity index (χ4v) is 2.83. The maximum absolute atomic E-state index is 10.9. The summed E-state index contributed by atoms with van der Waals surface area (Å²) >= 11 is 0. The normalized spacial score (nSPS) is 28.3. The van der Waals surface area contributed by atoms with E-state index in [1.54, 1.807) is 0 Å². The summed E-state index contributed by atoms with van der Waals surface area (Å²) in [6.07, 6.45) is 5.14. The van der Waals surface area contributed by atoms with Gasteiger partial charge < -0.3 is 5.11 Å². The third-order valence-electron chi connectivity index (χ3n) is 3.52. The Labute approximate surface area is 101 Å². The van der Waals surface area contributed by atoms with Crippen molar-refractivity contribution in [2.24, 2.45) is 11.8 Å². The molecule has 1 aromatic heterocycles. The van der Waals surface area contributed by atoms with Crippen LogP contribution in [0.25, 0.3) is 0 Å². The third kappa shape index (κ3) is 1.68. The van der Waals surface area contributed by atoms with Crippen LogP contribution in [0.1, 0.15) is 48.4 Å². The Bertz CT molecular complexity index is 462. The minimum Gasteiger partial charge on any atom is -0.476 e. The Morgan fingerprint density at radius 3 is 2.82 bits per heavy atom. The molecular weight excluding hydrogens is 216 g/mol. The molecule has 3 atom stereocenters. The predicted molar refractivity (Wildman–Crippen MR) is 65.1 cm³/mol. The van der Waals surface area contributed by atoms with E-state index in [0.29, 0.717) is 17.8 Å². The number of carboxylic acids is 1. The minimum absolute atomic E-state index is 0.219. The summed E-state index contributed by atoms with van der Waals surface area (Å²) in [6, 6.07) is 0. The molecule has 0 bridgehead atoms. The number of nitrogens with zero attached hydrogens (tertiary/aromatic N) is 1. The van der Waals surface area contributed by atoms with E-state index in [2.05, 4.69) is 22.3 Å². The number of aromatic nitrogens is 2. The molecule has 1 heterocycles. The lowest BCUT2D eigenvalue weighted by atomic mass is 10.1. The standard InChI is InChI=1S/C11H12N2O2.C2H6/c1-2-3-5-6-4-7-9(8(5)6)12-13-10(7)11(14)15;1-2/h2-3,5-6,8H,4H2,1H3,(H,12,13)(H,14,15);1-2H3/b3-2+;. The molecule has 2 aliphatic carbocycles. The van der Waals surface area contributed by atoms with E-state index >= 15 is 0 Å². The Morgan fingerprint density at radius 1 is 1.53 bits per heavy atom. The number of hydrogen-bond acceptors (Lipinski definition) is 2. The number of fused-ring (bicyclic) bond motifs is 3. The van der Waals surface area contributed by atoms with Crippen molar-refractivity contribution in [3.63, 3.8) is 0 Å². The number of aromatic carboxylic acids is 1. The van der Waals surface area contributed by atoms with Gasteiger partial charge in [0.05, 0.1) is 0 Å². The van der Waals surface area contributed by atoms with E-state index in [4.69, 9.17) is 5.11 Å². The summed E-state index contributed by atoms with van der Waals surface area (Å²) in [6.45, 7) is 6.02. The van der Waals surface area contributed by atoms with Crippen LogP contribution in [0.3, 0.4) is 0 Å². The van der Waals surface area contributed by atoms with Crippen LogP contribution in [0.4, 0.5) is 0 Å². The number of nitrogens with one attached hydrogen (secondary N) is 1. The highest BCUT2D eigenvalue weighted by Gasteiger charge is 2.56. The molecule has 0 aromatic carbocycles. The lowest BCUT2D eigenvalue weighted by Gasteiger charge is -1.98. The first-order valence-electron chi connectivity index (χ1n) is 6.17. The predicted octanol–water partition coefficient (Wildman–Crippen LogP) is 2.60. The second kappa shape index (κ2) is 4.35. The molecule has 2 aliphatic rings. The SMILES string of the molecule is C/C=C/C1C2Cc3c(C(=O)O)n[nH]c3C12.CC. The van der Waals surface area contributed by atoms with Crippen LogP contribution in [0.15, 0.2) is 12.2 Å². The highest BCUT2D eigenvalue weighted by Crippen LogP contribution is 2.61. The van der Waals surface area contributed by atoms with Crippen LogP contribution in [0.2, 0.25) is 0 Å². The Balaban J connectivity index is 0.000000514. The number of H-pyrrole nitrogens is 1. The topological polar surface area (TPSA) is 66.0 Å². The molecule has 2 N–H and O–H groups in total. The average molecular weight is 234 g/mol. The molecular formula is C13H18N2O2. The number of hydrogen-bond donors (Lipinski definition) is 2. The first kappa shape index (κ1) is 11.9.